The van der Waals surface area contributed by atoms with Crippen molar-refractivity contribution in [1.82, 2.24) is 19.6 Å². The van der Waals surface area contributed by atoms with Gasteiger partial charge in [0.15, 0.2) is 5.76 Å². The standard InChI is InChI=1S/C15H17N5O4/c1-8-12(9(2)19(4)17-8)16-13(21)10(3)20-15(22)24-14(18-20)11-6-5-7-23-11/h5-7,10H,1-4H3,(H,16,21)/t10-/m1/s1. The van der Waals surface area contributed by atoms with E-state index >= 15 is 0 Å². The van der Waals surface area contributed by atoms with E-state index in [1.807, 2.05) is 6.92 Å². The Morgan fingerprint density at radius 1 is 1.33 bits per heavy atom. The molecule has 0 saturated carbocycles. The van der Waals surface area contributed by atoms with E-state index in [1.54, 1.807) is 37.7 Å². The Bertz CT molecular complexity index is 932. The Kier molecular flexibility index (Phi) is 3.84. The molecule has 1 atom stereocenters. The molecule has 0 saturated heterocycles. The highest BCUT2D eigenvalue weighted by Crippen LogP contribution is 2.20. The topological polar surface area (TPSA) is 108 Å². The molecule has 9 heteroatoms. The summed E-state index contributed by atoms with van der Waals surface area (Å²) in [5.74, 6) is -0.782. The number of furan rings is 1. The van der Waals surface area contributed by atoms with Crippen LogP contribution < -0.4 is 11.1 Å². The van der Waals surface area contributed by atoms with Crippen molar-refractivity contribution in [2.24, 2.45) is 7.05 Å². The van der Waals surface area contributed by atoms with Crippen LogP contribution in [0.3, 0.4) is 0 Å². The van der Waals surface area contributed by atoms with Crippen molar-refractivity contribution in [2.75, 3.05) is 5.32 Å². The molecule has 24 heavy (non-hydrogen) atoms. The summed E-state index contributed by atoms with van der Waals surface area (Å²) in [5.41, 5.74) is 2.13. The molecule has 0 aliphatic rings. The van der Waals surface area contributed by atoms with Gasteiger partial charge < -0.3 is 14.2 Å². The van der Waals surface area contributed by atoms with Crippen LogP contribution in [0, 0.1) is 13.8 Å². The number of amides is 1. The lowest BCUT2D eigenvalue weighted by atomic mass is 10.2. The molecular formula is C15H17N5O4. The molecular weight excluding hydrogens is 314 g/mol. The Balaban J connectivity index is 1.85. The Hall–Kier alpha value is -3.10. The quantitative estimate of drug-likeness (QED) is 0.778. The summed E-state index contributed by atoms with van der Waals surface area (Å²) in [4.78, 5) is 24.4. The maximum atomic E-state index is 12.5. The van der Waals surface area contributed by atoms with Crippen LogP contribution in [0.15, 0.2) is 32.0 Å². The molecule has 0 unspecified atom stereocenters. The second-order valence-electron chi connectivity index (χ2n) is 5.43. The predicted molar refractivity (Wildman–Crippen MR) is 84.5 cm³/mol. The molecule has 9 nitrogen and oxygen atoms in total. The minimum absolute atomic E-state index is 0.0263. The lowest BCUT2D eigenvalue weighted by molar-refractivity contribution is -0.119. The maximum Gasteiger partial charge on any atom is 0.438 e. The van der Waals surface area contributed by atoms with Crippen molar-refractivity contribution in [1.29, 1.82) is 0 Å². The van der Waals surface area contributed by atoms with Crippen LogP contribution in [-0.2, 0) is 11.8 Å². The molecule has 0 spiro atoms. The lowest BCUT2D eigenvalue weighted by Gasteiger charge is -2.11. The van der Waals surface area contributed by atoms with Gasteiger partial charge in [0.1, 0.15) is 6.04 Å². The van der Waals surface area contributed by atoms with Crippen molar-refractivity contribution in [3.63, 3.8) is 0 Å². The fourth-order valence-corrected chi connectivity index (χ4v) is 2.33. The van der Waals surface area contributed by atoms with Gasteiger partial charge in [0.05, 0.1) is 23.3 Å². The van der Waals surface area contributed by atoms with Crippen LogP contribution in [0.1, 0.15) is 24.4 Å². The second kappa shape index (κ2) is 5.84. The van der Waals surface area contributed by atoms with Gasteiger partial charge in [0.2, 0.25) is 5.91 Å². The predicted octanol–water partition coefficient (Wildman–Crippen LogP) is 1.65. The number of anilines is 1. The van der Waals surface area contributed by atoms with Crippen LogP contribution in [-0.4, -0.2) is 25.5 Å². The zero-order valence-corrected chi connectivity index (χ0v) is 13.7. The number of aromatic nitrogens is 4. The van der Waals surface area contributed by atoms with E-state index in [2.05, 4.69) is 15.5 Å². The molecule has 3 aromatic rings. The number of hydrogen-bond acceptors (Lipinski definition) is 6. The maximum absolute atomic E-state index is 12.5. The van der Waals surface area contributed by atoms with Crippen molar-refractivity contribution in [3.05, 3.63) is 40.3 Å². The first-order valence-corrected chi connectivity index (χ1v) is 7.33. The van der Waals surface area contributed by atoms with E-state index in [0.717, 1.165) is 10.4 Å². The normalized spacial score (nSPS) is 12.3. The number of carbonyl (C=O) groups excluding carboxylic acids is 1. The SMILES string of the molecule is Cc1nn(C)c(C)c1NC(=O)[C@@H](C)n1nc(-c2ccco2)oc1=O. The zero-order valence-electron chi connectivity index (χ0n) is 13.7. The Morgan fingerprint density at radius 3 is 2.67 bits per heavy atom. The molecule has 126 valence electrons. The molecule has 0 bridgehead atoms. The van der Waals surface area contributed by atoms with Gasteiger partial charge >= 0.3 is 5.76 Å². The summed E-state index contributed by atoms with van der Waals surface area (Å²) >= 11 is 0. The molecule has 0 fully saturated rings. The zero-order chi connectivity index (χ0) is 17.4. The van der Waals surface area contributed by atoms with Gasteiger partial charge in [-0.25, -0.2) is 4.79 Å². The minimum atomic E-state index is -0.857. The first-order valence-electron chi connectivity index (χ1n) is 7.33. The van der Waals surface area contributed by atoms with Gasteiger partial charge in [-0.2, -0.15) is 9.78 Å². The smallest absolute Gasteiger partial charge is 0.438 e. The molecule has 0 aromatic carbocycles. The molecule has 3 heterocycles. The monoisotopic (exact) mass is 331 g/mol. The largest absolute Gasteiger partial charge is 0.459 e. The van der Waals surface area contributed by atoms with E-state index in [0.29, 0.717) is 17.1 Å². The third-order valence-corrected chi connectivity index (χ3v) is 3.81. The van der Waals surface area contributed by atoms with Gasteiger partial charge in [-0.1, -0.05) is 0 Å². The second-order valence-corrected chi connectivity index (χ2v) is 5.43. The van der Waals surface area contributed by atoms with Crippen molar-refractivity contribution >= 4 is 11.6 Å². The van der Waals surface area contributed by atoms with E-state index < -0.39 is 17.7 Å². The third-order valence-electron chi connectivity index (χ3n) is 3.81. The highest BCUT2D eigenvalue weighted by Gasteiger charge is 2.24. The molecule has 3 rings (SSSR count). The van der Waals surface area contributed by atoms with E-state index in [-0.39, 0.29) is 5.89 Å². The summed E-state index contributed by atoms with van der Waals surface area (Å²) in [7, 11) is 1.79. The molecule has 1 amide bonds. The first-order chi connectivity index (χ1) is 11.4. The van der Waals surface area contributed by atoms with Crippen molar-refractivity contribution in [2.45, 2.75) is 26.8 Å². The number of aryl methyl sites for hydroxylation is 2. The van der Waals surface area contributed by atoms with Crippen LogP contribution in [0.25, 0.3) is 11.7 Å². The molecule has 0 aliphatic carbocycles. The van der Waals surface area contributed by atoms with E-state index in [4.69, 9.17) is 8.83 Å². The number of carbonyl (C=O) groups is 1. The van der Waals surface area contributed by atoms with Crippen LogP contribution in [0.5, 0.6) is 0 Å². The van der Waals surface area contributed by atoms with E-state index in [1.165, 1.54) is 6.26 Å². The Labute approximate surface area is 136 Å². The lowest BCUT2D eigenvalue weighted by Crippen LogP contribution is -2.30. The van der Waals surface area contributed by atoms with Gasteiger partial charge in [-0.3, -0.25) is 9.48 Å². The summed E-state index contributed by atoms with van der Waals surface area (Å²) < 4.78 is 12.8. The van der Waals surface area contributed by atoms with E-state index in [9.17, 15) is 9.59 Å². The molecule has 0 radical (unpaired) electrons. The first kappa shape index (κ1) is 15.8. The van der Waals surface area contributed by atoms with Crippen LogP contribution >= 0.6 is 0 Å². The van der Waals surface area contributed by atoms with Gasteiger partial charge in [-0.15, -0.1) is 5.10 Å². The highest BCUT2D eigenvalue weighted by atomic mass is 16.4. The van der Waals surface area contributed by atoms with Gasteiger partial charge in [-0.05, 0) is 32.9 Å². The van der Waals surface area contributed by atoms with Gasteiger partial charge in [0.25, 0.3) is 5.89 Å². The summed E-state index contributed by atoms with van der Waals surface area (Å²) in [5, 5.41) is 11.0. The number of rotatable bonds is 4. The van der Waals surface area contributed by atoms with Crippen LogP contribution in [0.2, 0.25) is 0 Å². The average molecular weight is 331 g/mol. The average Bonchev–Trinajstić information content (AvgIpc) is 3.24. The summed E-state index contributed by atoms with van der Waals surface area (Å²) in [6, 6.07) is 2.41. The molecule has 0 aliphatic heterocycles. The van der Waals surface area contributed by atoms with Crippen molar-refractivity contribution < 1.29 is 13.6 Å². The fraction of sp³-hybridized carbons (Fsp3) is 0.333. The summed E-state index contributed by atoms with van der Waals surface area (Å²) in [6.07, 6.45) is 1.44. The number of hydrogen-bond donors (Lipinski definition) is 1. The highest BCUT2D eigenvalue weighted by molar-refractivity contribution is 5.94. The summed E-state index contributed by atoms with van der Waals surface area (Å²) in [6.45, 7) is 5.20. The Morgan fingerprint density at radius 2 is 2.08 bits per heavy atom. The molecule has 3 aromatic heterocycles. The number of nitrogens with zero attached hydrogens (tertiary/aromatic N) is 4. The fourth-order valence-electron chi connectivity index (χ4n) is 2.33. The van der Waals surface area contributed by atoms with Crippen LogP contribution in [0.4, 0.5) is 5.69 Å². The van der Waals surface area contributed by atoms with Gasteiger partial charge in [0, 0.05) is 7.05 Å². The number of nitrogens with one attached hydrogen (secondary N) is 1. The van der Waals surface area contributed by atoms with Crippen molar-refractivity contribution in [3.8, 4) is 11.7 Å². The minimum Gasteiger partial charge on any atom is -0.459 e. The molecule has 1 N–H and O–H groups in total. The third kappa shape index (κ3) is 2.64.